The van der Waals surface area contributed by atoms with Crippen molar-refractivity contribution in [2.45, 2.75) is 44.5 Å². The summed E-state index contributed by atoms with van der Waals surface area (Å²) in [5.41, 5.74) is 1.02. The van der Waals surface area contributed by atoms with E-state index >= 15 is 0 Å². The predicted octanol–water partition coefficient (Wildman–Crippen LogP) is 3.33. The molecular formula is C28H30N4O11S. The number of nitrogens with one attached hydrogen (secondary N) is 1. The van der Waals surface area contributed by atoms with Crippen LogP contribution >= 0.6 is 11.8 Å². The van der Waals surface area contributed by atoms with E-state index in [0.29, 0.717) is 37.1 Å². The molecule has 16 heteroatoms. The lowest BCUT2D eigenvalue weighted by Crippen LogP contribution is -2.61. The quantitative estimate of drug-likeness (QED) is 0.155. The molecule has 0 saturated carbocycles. The standard InChI is InChI=1S/C28H30N4O11S/c1-17(43-28(36)42-16-19-4-8-22(9-5-19)32(39)40)24-25(34)29-26(24)44-23(33)14-30-12-10-20(11-13-30)27(35)41-15-18-2-6-21(7-3-18)31(37)38/h2-9,17,20,24,26H,10-16H2,1H3,(H,29,34). The zero-order valence-corrected chi connectivity index (χ0v) is 24.4. The highest BCUT2D eigenvalue weighted by Crippen LogP contribution is 2.31. The summed E-state index contributed by atoms with van der Waals surface area (Å²) in [4.78, 5) is 71.9. The zero-order chi connectivity index (χ0) is 31.8. The van der Waals surface area contributed by atoms with Gasteiger partial charge in [0.15, 0.2) is 0 Å². The Kier molecular flexibility index (Phi) is 10.8. The summed E-state index contributed by atoms with van der Waals surface area (Å²) in [6.45, 7) is 2.49. The number of likely N-dealkylation sites (tertiary alicyclic amines) is 1. The topological polar surface area (TPSA) is 198 Å². The van der Waals surface area contributed by atoms with Crippen LogP contribution in [0.25, 0.3) is 0 Å². The minimum Gasteiger partial charge on any atom is -0.461 e. The van der Waals surface area contributed by atoms with Crippen LogP contribution in [0.2, 0.25) is 0 Å². The van der Waals surface area contributed by atoms with Crippen LogP contribution in [-0.4, -0.2) is 69.0 Å². The lowest BCUT2D eigenvalue weighted by atomic mass is 9.96. The van der Waals surface area contributed by atoms with Crippen LogP contribution in [0.1, 0.15) is 30.9 Å². The second kappa shape index (κ2) is 14.7. The molecule has 1 N–H and O–H groups in total. The molecule has 0 bridgehead atoms. The number of esters is 1. The van der Waals surface area contributed by atoms with E-state index in [9.17, 15) is 39.4 Å². The van der Waals surface area contributed by atoms with Crippen molar-refractivity contribution in [3.63, 3.8) is 0 Å². The van der Waals surface area contributed by atoms with Crippen molar-refractivity contribution in [1.29, 1.82) is 0 Å². The Labute approximate surface area is 255 Å². The second-order valence-electron chi connectivity index (χ2n) is 10.3. The Morgan fingerprint density at radius 2 is 1.45 bits per heavy atom. The highest BCUT2D eigenvalue weighted by atomic mass is 32.2. The molecule has 234 valence electrons. The molecule has 2 saturated heterocycles. The minimum absolute atomic E-state index is 0.0140. The van der Waals surface area contributed by atoms with E-state index in [1.807, 2.05) is 4.90 Å². The molecule has 0 aliphatic carbocycles. The molecule has 2 aromatic rings. The van der Waals surface area contributed by atoms with Crippen LogP contribution in [0.4, 0.5) is 16.2 Å². The Bertz CT molecular complexity index is 1400. The summed E-state index contributed by atoms with van der Waals surface area (Å²) >= 11 is 0.943. The SMILES string of the molecule is CC(OC(=O)OCc1ccc([N+](=O)[O-])cc1)C1C(=O)NC1SC(=O)CN1CCC(C(=O)OCc2ccc([N+](=O)[O-])cc2)CC1. The third kappa shape index (κ3) is 8.73. The molecule has 0 spiro atoms. The molecule has 2 fully saturated rings. The Hall–Kier alpha value is -4.57. The number of carbonyl (C=O) groups is 4. The first-order valence-electron chi connectivity index (χ1n) is 13.7. The third-order valence-corrected chi connectivity index (χ3v) is 8.32. The van der Waals surface area contributed by atoms with Crippen LogP contribution in [0, 0.1) is 32.1 Å². The molecule has 2 aromatic carbocycles. The fourth-order valence-electron chi connectivity index (χ4n) is 4.72. The Balaban J connectivity index is 1.14. The van der Waals surface area contributed by atoms with Gasteiger partial charge in [-0.25, -0.2) is 4.79 Å². The average Bonchev–Trinajstić information content (AvgIpc) is 2.99. The number of non-ortho nitro benzene ring substituents is 2. The number of thioether (sulfide) groups is 1. The normalized spacial score (nSPS) is 19.2. The molecule has 2 heterocycles. The lowest BCUT2D eigenvalue weighted by molar-refractivity contribution is -0.385. The van der Waals surface area contributed by atoms with Gasteiger partial charge in [-0.05, 0) is 68.2 Å². The van der Waals surface area contributed by atoms with Crippen molar-refractivity contribution >= 4 is 46.3 Å². The molecule has 0 aromatic heterocycles. The number of benzene rings is 2. The molecule has 44 heavy (non-hydrogen) atoms. The molecule has 3 atom stereocenters. The average molecular weight is 631 g/mol. The monoisotopic (exact) mass is 630 g/mol. The minimum atomic E-state index is -1.01. The first-order chi connectivity index (χ1) is 21.0. The van der Waals surface area contributed by atoms with Gasteiger partial charge in [-0.2, -0.15) is 0 Å². The number of ether oxygens (including phenoxy) is 3. The lowest BCUT2D eigenvalue weighted by Gasteiger charge is -2.38. The van der Waals surface area contributed by atoms with E-state index in [1.54, 1.807) is 0 Å². The smallest absolute Gasteiger partial charge is 0.461 e. The van der Waals surface area contributed by atoms with Crippen LogP contribution in [0.15, 0.2) is 48.5 Å². The summed E-state index contributed by atoms with van der Waals surface area (Å²) in [7, 11) is 0. The maximum atomic E-state index is 12.7. The Morgan fingerprint density at radius 1 is 0.932 bits per heavy atom. The van der Waals surface area contributed by atoms with Gasteiger partial charge < -0.3 is 19.5 Å². The number of piperidine rings is 1. The number of hydrogen-bond donors (Lipinski definition) is 1. The summed E-state index contributed by atoms with van der Waals surface area (Å²) < 4.78 is 15.7. The number of amides is 1. The van der Waals surface area contributed by atoms with Crippen molar-refractivity contribution in [2.75, 3.05) is 19.6 Å². The van der Waals surface area contributed by atoms with E-state index in [4.69, 9.17) is 14.2 Å². The molecular weight excluding hydrogens is 600 g/mol. The second-order valence-corrected chi connectivity index (χ2v) is 11.5. The maximum Gasteiger partial charge on any atom is 0.508 e. The van der Waals surface area contributed by atoms with Gasteiger partial charge >= 0.3 is 12.1 Å². The number of rotatable bonds is 12. The van der Waals surface area contributed by atoms with Crippen LogP contribution in [0.3, 0.4) is 0 Å². The predicted molar refractivity (Wildman–Crippen MR) is 154 cm³/mol. The van der Waals surface area contributed by atoms with Gasteiger partial charge in [0.05, 0.1) is 27.7 Å². The van der Waals surface area contributed by atoms with Crippen LogP contribution in [-0.2, 0) is 41.8 Å². The first-order valence-corrected chi connectivity index (χ1v) is 14.6. The number of nitrogens with zero attached hydrogens (tertiary/aromatic N) is 3. The maximum absolute atomic E-state index is 12.7. The molecule has 0 radical (unpaired) electrons. The van der Waals surface area contributed by atoms with Gasteiger partial charge in [-0.15, -0.1) is 0 Å². The zero-order valence-electron chi connectivity index (χ0n) is 23.6. The molecule has 2 aliphatic heterocycles. The summed E-state index contributed by atoms with van der Waals surface area (Å²) in [5.74, 6) is -1.80. The molecule has 1 amide bonds. The third-order valence-electron chi connectivity index (χ3n) is 7.27. The van der Waals surface area contributed by atoms with Crippen molar-refractivity contribution in [3.8, 4) is 0 Å². The molecule has 4 rings (SSSR count). The number of carbonyl (C=O) groups excluding carboxylic acids is 4. The molecule has 15 nitrogen and oxygen atoms in total. The van der Waals surface area contributed by atoms with Crippen molar-refractivity contribution < 1.29 is 43.2 Å². The first kappa shape index (κ1) is 32.3. The summed E-state index contributed by atoms with van der Waals surface area (Å²) in [6, 6.07) is 11.2. The Morgan fingerprint density at radius 3 is 1.95 bits per heavy atom. The number of nitro groups is 2. The van der Waals surface area contributed by atoms with Crippen molar-refractivity contribution in [2.24, 2.45) is 11.8 Å². The van der Waals surface area contributed by atoms with E-state index in [0.717, 1.165) is 11.8 Å². The van der Waals surface area contributed by atoms with E-state index in [1.165, 1.54) is 55.5 Å². The molecule has 2 aliphatic rings. The van der Waals surface area contributed by atoms with E-state index in [2.05, 4.69) is 5.32 Å². The molecule has 3 unspecified atom stereocenters. The van der Waals surface area contributed by atoms with Crippen LogP contribution < -0.4 is 5.32 Å². The fourth-order valence-corrected chi connectivity index (χ4v) is 5.93. The van der Waals surface area contributed by atoms with E-state index < -0.39 is 33.4 Å². The van der Waals surface area contributed by atoms with Gasteiger partial charge in [-0.1, -0.05) is 11.8 Å². The number of β-lactam (4-membered cyclic amide) rings is 1. The van der Waals surface area contributed by atoms with Crippen molar-refractivity contribution in [1.82, 2.24) is 10.2 Å². The van der Waals surface area contributed by atoms with Crippen LogP contribution in [0.5, 0.6) is 0 Å². The van der Waals surface area contributed by atoms with Crippen molar-refractivity contribution in [3.05, 3.63) is 79.9 Å². The largest absolute Gasteiger partial charge is 0.508 e. The number of hydrogen-bond acceptors (Lipinski definition) is 13. The summed E-state index contributed by atoms with van der Waals surface area (Å²) in [6.07, 6.45) is -0.870. The van der Waals surface area contributed by atoms with Gasteiger partial charge in [-0.3, -0.25) is 39.5 Å². The fraction of sp³-hybridized carbons (Fsp3) is 0.429. The number of nitro benzene ring substituents is 2. The van der Waals surface area contributed by atoms with Gasteiger partial charge in [0, 0.05) is 24.3 Å². The van der Waals surface area contributed by atoms with E-state index in [-0.39, 0.29) is 54.0 Å². The highest BCUT2D eigenvalue weighted by Gasteiger charge is 2.46. The summed E-state index contributed by atoms with van der Waals surface area (Å²) in [5, 5.41) is 23.4. The van der Waals surface area contributed by atoms with Gasteiger partial charge in [0.25, 0.3) is 11.4 Å². The van der Waals surface area contributed by atoms with Gasteiger partial charge in [0.1, 0.15) is 25.2 Å². The highest BCUT2D eigenvalue weighted by molar-refractivity contribution is 8.14. The van der Waals surface area contributed by atoms with Gasteiger partial charge in [0.2, 0.25) is 11.0 Å².